The van der Waals surface area contributed by atoms with E-state index in [1.807, 2.05) is 0 Å². The Morgan fingerprint density at radius 2 is 1.21 bits per heavy atom. The van der Waals surface area contributed by atoms with E-state index in [1.165, 1.54) is 77.8 Å². The maximum atomic E-state index is 2.93. The lowest BCUT2D eigenvalue weighted by Crippen LogP contribution is -2.46. The Labute approximate surface area is 148 Å². The van der Waals surface area contributed by atoms with E-state index in [9.17, 15) is 0 Å². The minimum absolute atomic E-state index is 0.862. The molecule has 2 saturated carbocycles. The third-order valence-corrected chi connectivity index (χ3v) is 8.40. The Morgan fingerprint density at radius 3 is 1.79 bits per heavy atom. The van der Waals surface area contributed by atoms with Crippen LogP contribution in [0, 0.1) is 29.6 Å². The number of nitrogens with zero attached hydrogens (tertiary/aromatic N) is 3. The fourth-order valence-electron chi connectivity index (χ4n) is 7.27. The number of hydrogen-bond donors (Lipinski definition) is 0. The van der Waals surface area contributed by atoms with Gasteiger partial charge in [0.2, 0.25) is 0 Å². The number of hydrogen-bond acceptors (Lipinski definition) is 3. The van der Waals surface area contributed by atoms with Gasteiger partial charge in [-0.1, -0.05) is 6.92 Å². The molecule has 3 nitrogen and oxygen atoms in total. The van der Waals surface area contributed by atoms with Gasteiger partial charge in [0.1, 0.15) is 0 Å². The summed E-state index contributed by atoms with van der Waals surface area (Å²) >= 11 is 0. The lowest BCUT2D eigenvalue weighted by molar-refractivity contribution is 0.119. The van der Waals surface area contributed by atoms with E-state index < -0.39 is 0 Å². The Hall–Kier alpha value is -0.120. The number of likely N-dealkylation sites (tertiary alicyclic amines) is 3. The normalized spacial score (nSPS) is 50.5. The van der Waals surface area contributed by atoms with Gasteiger partial charge in [0, 0.05) is 44.8 Å². The van der Waals surface area contributed by atoms with Gasteiger partial charge in [0.25, 0.3) is 0 Å². The van der Waals surface area contributed by atoms with Crippen LogP contribution in [0.15, 0.2) is 0 Å². The van der Waals surface area contributed by atoms with Gasteiger partial charge in [-0.3, -0.25) is 9.80 Å². The molecule has 0 spiro atoms. The highest BCUT2D eigenvalue weighted by molar-refractivity contribution is 5.01. The highest BCUT2D eigenvalue weighted by Gasteiger charge is 2.48. The van der Waals surface area contributed by atoms with Crippen molar-refractivity contribution in [3.05, 3.63) is 0 Å². The molecule has 5 rings (SSSR count). The molecule has 3 heteroatoms. The predicted octanol–water partition coefficient (Wildman–Crippen LogP) is 2.77. The predicted molar refractivity (Wildman–Crippen MR) is 99.0 cm³/mol. The van der Waals surface area contributed by atoms with Crippen molar-refractivity contribution in [3.8, 4) is 0 Å². The van der Waals surface area contributed by atoms with Crippen LogP contribution >= 0.6 is 0 Å². The van der Waals surface area contributed by atoms with Crippen molar-refractivity contribution in [3.63, 3.8) is 0 Å². The molecule has 5 atom stereocenters. The second-order valence-electron chi connectivity index (χ2n) is 10.2. The van der Waals surface area contributed by atoms with E-state index >= 15 is 0 Å². The van der Waals surface area contributed by atoms with Crippen molar-refractivity contribution in [2.45, 2.75) is 57.5 Å². The van der Waals surface area contributed by atoms with Crippen molar-refractivity contribution in [1.29, 1.82) is 0 Å². The lowest BCUT2D eigenvalue weighted by atomic mass is 10.0. The Kier molecular flexibility index (Phi) is 4.18. The largest absolute Gasteiger partial charge is 0.305 e. The highest BCUT2D eigenvalue weighted by Crippen LogP contribution is 2.46. The molecule has 0 amide bonds. The topological polar surface area (TPSA) is 9.72 Å². The molecule has 3 aliphatic heterocycles. The SMILES string of the molecule is CC1CC2CN(C3CC4CN(C5CCCN(C)C5)CC4C3)CC2C1. The number of fused-ring (bicyclic) bond motifs is 2. The van der Waals surface area contributed by atoms with E-state index in [2.05, 4.69) is 28.7 Å². The molecule has 136 valence electrons. The molecule has 0 N–H and O–H groups in total. The van der Waals surface area contributed by atoms with Gasteiger partial charge in [-0.15, -0.1) is 0 Å². The van der Waals surface area contributed by atoms with Crippen molar-refractivity contribution >= 4 is 0 Å². The highest BCUT2D eigenvalue weighted by atomic mass is 15.3. The van der Waals surface area contributed by atoms with Crippen LogP contribution < -0.4 is 0 Å². The fourth-order valence-corrected chi connectivity index (χ4v) is 7.27. The van der Waals surface area contributed by atoms with Crippen LogP contribution in [0.25, 0.3) is 0 Å². The van der Waals surface area contributed by atoms with Gasteiger partial charge in [-0.2, -0.15) is 0 Å². The van der Waals surface area contributed by atoms with Gasteiger partial charge in [0.15, 0.2) is 0 Å². The van der Waals surface area contributed by atoms with E-state index in [0.29, 0.717) is 0 Å². The molecule has 0 aromatic rings. The minimum atomic E-state index is 0.862. The summed E-state index contributed by atoms with van der Waals surface area (Å²) in [4.78, 5) is 8.36. The second-order valence-corrected chi connectivity index (χ2v) is 10.2. The molecule has 24 heavy (non-hydrogen) atoms. The van der Waals surface area contributed by atoms with Gasteiger partial charge in [-0.25, -0.2) is 0 Å². The molecule has 5 fully saturated rings. The molecule has 3 saturated heterocycles. The minimum Gasteiger partial charge on any atom is -0.305 e. The molecular weight excluding hydrogens is 294 g/mol. The van der Waals surface area contributed by atoms with Crippen LogP contribution in [-0.4, -0.2) is 73.1 Å². The molecule has 0 aromatic heterocycles. The summed E-state index contributed by atoms with van der Waals surface area (Å²) in [7, 11) is 2.31. The molecule has 5 unspecified atom stereocenters. The zero-order chi connectivity index (χ0) is 16.3. The summed E-state index contributed by atoms with van der Waals surface area (Å²) in [6.07, 6.45) is 8.91. The van der Waals surface area contributed by atoms with Gasteiger partial charge in [-0.05, 0) is 81.7 Å². The van der Waals surface area contributed by atoms with E-state index in [1.54, 1.807) is 0 Å². The second kappa shape index (κ2) is 6.25. The molecule has 2 aliphatic carbocycles. The van der Waals surface area contributed by atoms with Gasteiger partial charge < -0.3 is 4.90 Å². The molecular formula is C21H37N3. The first-order valence-corrected chi connectivity index (χ1v) is 10.8. The van der Waals surface area contributed by atoms with Crippen LogP contribution in [0.1, 0.15) is 45.4 Å². The summed E-state index contributed by atoms with van der Waals surface area (Å²) in [6.45, 7) is 10.8. The molecule has 3 heterocycles. The van der Waals surface area contributed by atoms with Crippen LogP contribution in [0.3, 0.4) is 0 Å². The Balaban J connectivity index is 1.15. The van der Waals surface area contributed by atoms with Crippen LogP contribution in [-0.2, 0) is 0 Å². The van der Waals surface area contributed by atoms with Crippen molar-refractivity contribution in [1.82, 2.24) is 14.7 Å². The molecule has 0 aromatic carbocycles. The zero-order valence-corrected chi connectivity index (χ0v) is 15.9. The van der Waals surface area contributed by atoms with Crippen LogP contribution in [0.4, 0.5) is 0 Å². The van der Waals surface area contributed by atoms with Crippen molar-refractivity contribution in [2.24, 2.45) is 29.6 Å². The third-order valence-electron chi connectivity index (χ3n) is 8.40. The zero-order valence-electron chi connectivity index (χ0n) is 15.9. The maximum Gasteiger partial charge on any atom is 0.0223 e. The Morgan fingerprint density at radius 1 is 0.667 bits per heavy atom. The standard InChI is InChI=1S/C21H37N3/c1-15-6-16-10-24(11-17(16)7-15)21-8-18-12-23(13-19(18)9-21)20-4-3-5-22(2)14-20/h15-21H,3-14H2,1-2H3. The van der Waals surface area contributed by atoms with E-state index in [0.717, 1.165) is 41.7 Å². The summed E-state index contributed by atoms with van der Waals surface area (Å²) in [5.41, 5.74) is 0. The molecule has 0 radical (unpaired) electrons. The fraction of sp³-hybridized carbons (Fsp3) is 1.00. The van der Waals surface area contributed by atoms with E-state index in [-0.39, 0.29) is 0 Å². The summed E-state index contributed by atoms with van der Waals surface area (Å²) in [6, 6.07) is 1.80. The monoisotopic (exact) mass is 331 g/mol. The average Bonchev–Trinajstić information content (AvgIpc) is 3.23. The number of likely N-dealkylation sites (N-methyl/N-ethyl adjacent to an activating group) is 1. The molecule has 5 aliphatic rings. The Bertz CT molecular complexity index is 438. The number of rotatable bonds is 2. The summed E-state index contributed by atoms with van der Waals surface area (Å²) < 4.78 is 0. The quantitative estimate of drug-likeness (QED) is 0.770. The third kappa shape index (κ3) is 2.85. The first kappa shape index (κ1) is 16.1. The molecule has 0 bridgehead atoms. The maximum absolute atomic E-state index is 2.93. The van der Waals surface area contributed by atoms with Crippen molar-refractivity contribution < 1.29 is 0 Å². The van der Waals surface area contributed by atoms with Crippen LogP contribution in [0.5, 0.6) is 0 Å². The summed E-state index contributed by atoms with van der Waals surface area (Å²) in [5, 5.41) is 0. The van der Waals surface area contributed by atoms with Gasteiger partial charge in [0.05, 0.1) is 0 Å². The van der Waals surface area contributed by atoms with E-state index in [4.69, 9.17) is 0 Å². The van der Waals surface area contributed by atoms with Crippen molar-refractivity contribution in [2.75, 3.05) is 46.3 Å². The average molecular weight is 332 g/mol. The first-order valence-electron chi connectivity index (χ1n) is 10.8. The lowest BCUT2D eigenvalue weighted by Gasteiger charge is -2.36. The van der Waals surface area contributed by atoms with Gasteiger partial charge >= 0.3 is 0 Å². The summed E-state index contributed by atoms with van der Waals surface area (Å²) in [5.74, 6) is 5.14. The van der Waals surface area contributed by atoms with Crippen LogP contribution in [0.2, 0.25) is 0 Å². The number of piperidine rings is 1. The first-order chi connectivity index (χ1) is 11.7. The smallest absolute Gasteiger partial charge is 0.0223 e.